The minimum atomic E-state index is 0.407. The number of hydrogen-bond donors (Lipinski definition) is 0. The van der Waals surface area contributed by atoms with Crippen LogP contribution in [0.3, 0.4) is 0 Å². The molecule has 0 radical (unpaired) electrons. The third-order valence-electron chi connectivity index (χ3n) is 4.53. The molecule has 31 heavy (non-hydrogen) atoms. The molecule has 5 rings (SSSR count). The van der Waals surface area contributed by atoms with Crippen LogP contribution in [0.4, 0.5) is 0 Å². The topological polar surface area (TPSA) is 69.6 Å². The number of rotatable bonds is 7. The SMILES string of the molecule is Clc1ccccc1-c1nc(CSc2nnc(Cc3cccs3)n2-c2ccccc2)no1. The van der Waals surface area contributed by atoms with Crippen LogP contribution in [0.15, 0.2) is 81.8 Å². The highest BCUT2D eigenvalue weighted by atomic mass is 35.5. The molecule has 0 saturated carbocycles. The number of thioether (sulfide) groups is 1. The van der Waals surface area contributed by atoms with Crippen molar-refractivity contribution in [3.05, 3.63) is 93.7 Å². The first kappa shape index (κ1) is 20.0. The van der Waals surface area contributed by atoms with Gasteiger partial charge in [0.05, 0.1) is 16.3 Å². The summed E-state index contributed by atoms with van der Waals surface area (Å²) in [6.07, 6.45) is 0.721. The molecule has 0 aliphatic heterocycles. The van der Waals surface area contributed by atoms with Gasteiger partial charge in [0, 0.05) is 17.0 Å². The third-order valence-corrected chi connectivity index (χ3v) is 6.66. The second-order valence-electron chi connectivity index (χ2n) is 6.61. The Labute approximate surface area is 191 Å². The van der Waals surface area contributed by atoms with E-state index in [9.17, 15) is 0 Å². The molecule has 0 N–H and O–H groups in total. The summed E-state index contributed by atoms with van der Waals surface area (Å²) in [4.78, 5) is 5.73. The van der Waals surface area contributed by atoms with Crippen molar-refractivity contribution < 1.29 is 4.52 Å². The Kier molecular flexibility index (Phi) is 5.84. The Bertz CT molecular complexity index is 1280. The molecule has 0 unspecified atom stereocenters. The summed E-state index contributed by atoms with van der Waals surface area (Å²) in [5.41, 5.74) is 1.74. The Morgan fingerprint density at radius 3 is 2.61 bits per heavy atom. The van der Waals surface area contributed by atoms with Gasteiger partial charge < -0.3 is 4.52 Å². The van der Waals surface area contributed by atoms with Crippen LogP contribution in [0.1, 0.15) is 16.5 Å². The van der Waals surface area contributed by atoms with Gasteiger partial charge in [-0.2, -0.15) is 4.98 Å². The van der Waals surface area contributed by atoms with E-state index in [0.717, 1.165) is 28.7 Å². The molecule has 0 amide bonds. The standard InChI is InChI=1S/C22H16ClN5OS2/c23-18-11-5-4-10-17(18)21-24-19(27-29-21)14-31-22-26-25-20(13-16-9-6-12-30-16)28(22)15-7-2-1-3-8-15/h1-12H,13-14H2. The second kappa shape index (κ2) is 9.05. The van der Waals surface area contributed by atoms with Crippen LogP contribution < -0.4 is 0 Å². The predicted molar refractivity (Wildman–Crippen MR) is 123 cm³/mol. The monoisotopic (exact) mass is 465 g/mol. The highest BCUT2D eigenvalue weighted by Crippen LogP contribution is 2.29. The van der Waals surface area contributed by atoms with Gasteiger partial charge in [-0.05, 0) is 35.7 Å². The number of hydrogen-bond acceptors (Lipinski definition) is 7. The second-order valence-corrected chi connectivity index (χ2v) is 8.99. The van der Waals surface area contributed by atoms with E-state index in [1.165, 1.54) is 16.6 Å². The van der Waals surface area contributed by atoms with Crippen LogP contribution in [0.2, 0.25) is 5.02 Å². The lowest BCUT2D eigenvalue weighted by molar-refractivity contribution is 0.425. The molecule has 154 valence electrons. The van der Waals surface area contributed by atoms with Gasteiger partial charge in [-0.1, -0.05) is 64.9 Å². The Morgan fingerprint density at radius 1 is 0.968 bits per heavy atom. The molecule has 0 bridgehead atoms. The highest BCUT2D eigenvalue weighted by molar-refractivity contribution is 7.98. The summed E-state index contributed by atoms with van der Waals surface area (Å²) in [5, 5.41) is 16.4. The smallest absolute Gasteiger partial charge is 0.259 e. The number of nitrogens with zero attached hydrogens (tertiary/aromatic N) is 5. The van der Waals surface area contributed by atoms with E-state index in [1.807, 2.05) is 42.5 Å². The molecule has 6 nitrogen and oxygen atoms in total. The number of halogens is 1. The summed E-state index contributed by atoms with van der Waals surface area (Å²) in [7, 11) is 0. The van der Waals surface area contributed by atoms with Gasteiger partial charge in [0.1, 0.15) is 5.82 Å². The van der Waals surface area contributed by atoms with E-state index in [-0.39, 0.29) is 0 Å². The van der Waals surface area contributed by atoms with Crippen molar-refractivity contribution in [3.63, 3.8) is 0 Å². The van der Waals surface area contributed by atoms with Gasteiger partial charge in [-0.15, -0.1) is 21.5 Å². The van der Waals surface area contributed by atoms with E-state index in [4.69, 9.17) is 16.1 Å². The fourth-order valence-corrected chi connectivity index (χ4v) is 4.83. The van der Waals surface area contributed by atoms with Crippen molar-refractivity contribution in [2.75, 3.05) is 0 Å². The molecule has 5 aromatic rings. The Balaban J connectivity index is 1.40. The van der Waals surface area contributed by atoms with Gasteiger partial charge >= 0.3 is 0 Å². The molecule has 0 aliphatic rings. The first-order chi connectivity index (χ1) is 15.3. The largest absolute Gasteiger partial charge is 0.334 e. The van der Waals surface area contributed by atoms with Crippen LogP contribution in [0.25, 0.3) is 17.1 Å². The zero-order chi connectivity index (χ0) is 21.0. The highest BCUT2D eigenvalue weighted by Gasteiger charge is 2.17. The summed E-state index contributed by atoms with van der Waals surface area (Å²) >= 11 is 9.46. The molecule has 3 aromatic heterocycles. The first-order valence-corrected chi connectivity index (χ1v) is 11.7. The summed E-state index contributed by atoms with van der Waals surface area (Å²) in [6.45, 7) is 0. The summed E-state index contributed by atoms with van der Waals surface area (Å²) in [5.74, 6) is 2.37. The van der Waals surface area contributed by atoms with Gasteiger partial charge in [0.15, 0.2) is 11.0 Å². The van der Waals surface area contributed by atoms with E-state index in [1.54, 1.807) is 17.4 Å². The summed E-state index contributed by atoms with van der Waals surface area (Å²) in [6, 6.07) is 21.7. The number of aromatic nitrogens is 5. The van der Waals surface area contributed by atoms with E-state index < -0.39 is 0 Å². The van der Waals surface area contributed by atoms with Crippen molar-refractivity contribution in [2.24, 2.45) is 0 Å². The molecular weight excluding hydrogens is 450 g/mol. The lowest BCUT2D eigenvalue weighted by atomic mass is 10.2. The molecule has 0 aliphatic carbocycles. The van der Waals surface area contributed by atoms with Crippen molar-refractivity contribution in [1.82, 2.24) is 24.9 Å². The number of benzene rings is 2. The van der Waals surface area contributed by atoms with E-state index in [2.05, 4.69) is 48.5 Å². The third kappa shape index (κ3) is 4.41. The molecule has 0 fully saturated rings. The fraction of sp³-hybridized carbons (Fsp3) is 0.0909. The molecule has 9 heteroatoms. The molecule has 0 spiro atoms. The van der Waals surface area contributed by atoms with Crippen molar-refractivity contribution >= 4 is 34.7 Å². The van der Waals surface area contributed by atoms with Gasteiger partial charge in [-0.25, -0.2) is 0 Å². The van der Waals surface area contributed by atoms with Crippen molar-refractivity contribution in [3.8, 4) is 17.1 Å². The van der Waals surface area contributed by atoms with Crippen LogP contribution in [-0.2, 0) is 12.2 Å². The lowest BCUT2D eigenvalue weighted by Gasteiger charge is -2.09. The maximum absolute atomic E-state index is 6.24. The molecule has 0 atom stereocenters. The van der Waals surface area contributed by atoms with Crippen molar-refractivity contribution in [1.29, 1.82) is 0 Å². The molecule has 2 aromatic carbocycles. The maximum atomic E-state index is 6.24. The van der Waals surface area contributed by atoms with E-state index >= 15 is 0 Å². The van der Waals surface area contributed by atoms with Gasteiger partial charge in [-0.3, -0.25) is 4.57 Å². The minimum Gasteiger partial charge on any atom is -0.334 e. The zero-order valence-corrected chi connectivity index (χ0v) is 18.6. The van der Waals surface area contributed by atoms with Gasteiger partial charge in [0.25, 0.3) is 5.89 Å². The normalized spacial score (nSPS) is 11.1. The fourth-order valence-electron chi connectivity index (χ4n) is 3.10. The summed E-state index contributed by atoms with van der Waals surface area (Å²) < 4.78 is 7.49. The maximum Gasteiger partial charge on any atom is 0.259 e. The number of para-hydroxylation sites is 1. The molecule has 3 heterocycles. The number of thiophene rings is 1. The van der Waals surface area contributed by atoms with Crippen molar-refractivity contribution in [2.45, 2.75) is 17.3 Å². The van der Waals surface area contributed by atoms with Crippen LogP contribution in [0, 0.1) is 0 Å². The Morgan fingerprint density at radius 2 is 1.81 bits per heavy atom. The van der Waals surface area contributed by atoms with Crippen LogP contribution >= 0.6 is 34.7 Å². The van der Waals surface area contributed by atoms with Crippen LogP contribution in [0.5, 0.6) is 0 Å². The zero-order valence-electron chi connectivity index (χ0n) is 16.2. The Hall–Kier alpha value is -2.94. The van der Waals surface area contributed by atoms with E-state index in [0.29, 0.717) is 22.5 Å². The molecular formula is C22H16ClN5OS2. The average Bonchev–Trinajstić information content (AvgIpc) is 3.55. The van der Waals surface area contributed by atoms with Gasteiger partial charge in [0.2, 0.25) is 0 Å². The lowest BCUT2D eigenvalue weighted by Crippen LogP contribution is -2.03. The average molecular weight is 466 g/mol. The predicted octanol–water partition coefficient (Wildman–Crippen LogP) is 5.92. The minimum absolute atomic E-state index is 0.407. The quantitative estimate of drug-likeness (QED) is 0.278. The van der Waals surface area contributed by atoms with Crippen LogP contribution in [-0.4, -0.2) is 24.9 Å². The first-order valence-electron chi connectivity index (χ1n) is 9.50. The molecule has 0 saturated heterocycles.